The molecule has 1 atom stereocenters. The van der Waals surface area contributed by atoms with E-state index in [9.17, 15) is 4.79 Å². The number of hydrogen-bond acceptors (Lipinski definition) is 7. The lowest BCUT2D eigenvalue weighted by Crippen LogP contribution is -2.52. The van der Waals surface area contributed by atoms with Crippen molar-refractivity contribution in [2.45, 2.75) is 19.1 Å². The predicted octanol–water partition coefficient (Wildman–Crippen LogP) is 1.39. The molecule has 1 saturated heterocycles. The third-order valence-electron chi connectivity index (χ3n) is 4.83. The Hall–Kier alpha value is -2.19. The molecule has 1 fully saturated rings. The third-order valence-corrected chi connectivity index (χ3v) is 5.85. The summed E-state index contributed by atoms with van der Waals surface area (Å²) in [5, 5.41) is 2.10. The lowest BCUT2D eigenvalue weighted by molar-refractivity contribution is -0.145. The van der Waals surface area contributed by atoms with Crippen LogP contribution in [0.3, 0.4) is 0 Å². The van der Waals surface area contributed by atoms with Crippen LogP contribution in [0.2, 0.25) is 0 Å². The number of hydrogen-bond donors (Lipinski definition) is 0. The van der Waals surface area contributed by atoms with E-state index in [1.807, 2.05) is 34.9 Å². The maximum Gasteiger partial charge on any atom is 0.253 e. The molecule has 0 N–H and O–H groups in total. The molecule has 2 aromatic heterocycles. The van der Waals surface area contributed by atoms with Crippen molar-refractivity contribution >= 4 is 29.0 Å². The maximum absolute atomic E-state index is 13.0. The normalized spacial score (nSPS) is 20.0. The molecule has 0 spiro atoms. The number of ether oxygens (including phenoxy) is 1. The summed E-state index contributed by atoms with van der Waals surface area (Å²) in [5.41, 5.74) is 1.27. The van der Waals surface area contributed by atoms with Crippen molar-refractivity contribution in [3.05, 3.63) is 34.2 Å². The number of amides is 1. The van der Waals surface area contributed by atoms with E-state index in [-0.39, 0.29) is 5.91 Å². The van der Waals surface area contributed by atoms with Crippen molar-refractivity contribution in [2.75, 3.05) is 50.1 Å². The summed E-state index contributed by atoms with van der Waals surface area (Å²) in [6.07, 6.45) is 2.23. The van der Waals surface area contributed by atoms with Gasteiger partial charge in [-0.05, 0) is 29.5 Å². The van der Waals surface area contributed by atoms with Crippen molar-refractivity contribution in [1.29, 1.82) is 0 Å². The van der Waals surface area contributed by atoms with E-state index in [4.69, 9.17) is 4.74 Å². The highest BCUT2D eigenvalue weighted by Gasteiger charge is 2.33. The molecule has 0 bridgehead atoms. The van der Waals surface area contributed by atoms with Gasteiger partial charge in [-0.25, -0.2) is 4.98 Å². The molecule has 2 aliphatic heterocycles. The lowest BCUT2D eigenvalue weighted by atomic mass is 10.1. The summed E-state index contributed by atoms with van der Waals surface area (Å²) in [6.45, 7) is 3.13. The molecule has 2 aromatic rings. The van der Waals surface area contributed by atoms with Gasteiger partial charge in [0.15, 0.2) is 6.10 Å². The van der Waals surface area contributed by atoms with Crippen LogP contribution in [-0.4, -0.2) is 67.2 Å². The summed E-state index contributed by atoms with van der Waals surface area (Å²) < 4.78 is 5.80. The van der Waals surface area contributed by atoms with Crippen LogP contribution in [0.25, 0.3) is 0 Å². The Bertz CT molecular complexity index is 793. The number of carbonyl (C=O) groups is 1. The lowest BCUT2D eigenvalue weighted by Gasteiger charge is -2.36. The zero-order valence-corrected chi connectivity index (χ0v) is 15.9. The van der Waals surface area contributed by atoms with Gasteiger partial charge in [-0.15, -0.1) is 11.3 Å². The molecule has 2 aliphatic rings. The molecule has 0 aliphatic carbocycles. The Kier molecular flexibility index (Phi) is 4.78. The molecule has 4 heterocycles. The molecule has 138 valence electrons. The number of thiophene rings is 1. The van der Waals surface area contributed by atoms with Crippen molar-refractivity contribution in [1.82, 2.24) is 14.9 Å². The Morgan fingerprint density at radius 1 is 1.35 bits per heavy atom. The smallest absolute Gasteiger partial charge is 0.253 e. The minimum absolute atomic E-state index is 0.0651. The van der Waals surface area contributed by atoms with Gasteiger partial charge in [-0.3, -0.25) is 4.79 Å². The summed E-state index contributed by atoms with van der Waals surface area (Å²) >= 11 is 1.78. The quantitative estimate of drug-likeness (QED) is 0.810. The fourth-order valence-corrected chi connectivity index (χ4v) is 4.25. The molecule has 26 heavy (non-hydrogen) atoms. The van der Waals surface area contributed by atoms with E-state index in [1.54, 1.807) is 17.5 Å². The number of anilines is 2. The molecular formula is C18H23N5O2S. The highest BCUT2D eigenvalue weighted by Crippen LogP contribution is 2.25. The van der Waals surface area contributed by atoms with Crippen LogP contribution in [0.1, 0.15) is 10.4 Å². The molecule has 1 unspecified atom stereocenters. The van der Waals surface area contributed by atoms with Crippen LogP contribution in [-0.2, 0) is 22.5 Å². The first kappa shape index (κ1) is 17.2. The fraction of sp³-hybridized carbons (Fsp3) is 0.500. The predicted molar refractivity (Wildman–Crippen MR) is 102 cm³/mol. The molecule has 0 saturated carbocycles. The van der Waals surface area contributed by atoms with Crippen LogP contribution in [0.5, 0.6) is 0 Å². The van der Waals surface area contributed by atoms with E-state index in [0.717, 1.165) is 18.8 Å². The summed E-state index contributed by atoms with van der Waals surface area (Å²) in [6, 6.07) is 3.99. The van der Waals surface area contributed by atoms with Crippen molar-refractivity contribution in [3.63, 3.8) is 0 Å². The Labute approximate surface area is 157 Å². The molecular weight excluding hydrogens is 350 g/mol. The largest absolute Gasteiger partial charge is 0.365 e. The molecule has 8 heteroatoms. The van der Waals surface area contributed by atoms with Gasteiger partial charge < -0.3 is 19.4 Å². The molecule has 1 amide bonds. The van der Waals surface area contributed by atoms with Crippen LogP contribution < -0.4 is 9.80 Å². The monoisotopic (exact) mass is 373 g/mol. The van der Waals surface area contributed by atoms with Gasteiger partial charge in [0.2, 0.25) is 5.95 Å². The Balaban J connectivity index is 1.45. The molecule has 4 rings (SSSR count). The first-order valence-corrected chi connectivity index (χ1v) is 9.71. The van der Waals surface area contributed by atoms with E-state index < -0.39 is 6.10 Å². The summed E-state index contributed by atoms with van der Waals surface area (Å²) in [4.78, 5) is 29.2. The van der Waals surface area contributed by atoms with Gasteiger partial charge >= 0.3 is 0 Å². The van der Waals surface area contributed by atoms with Gasteiger partial charge in [-0.1, -0.05) is 0 Å². The van der Waals surface area contributed by atoms with Crippen LogP contribution in [0.4, 0.5) is 11.8 Å². The Morgan fingerprint density at radius 2 is 2.23 bits per heavy atom. The van der Waals surface area contributed by atoms with Crippen molar-refractivity contribution in [3.8, 4) is 0 Å². The van der Waals surface area contributed by atoms with Crippen LogP contribution in [0, 0.1) is 0 Å². The van der Waals surface area contributed by atoms with Crippen molar-refractivity contribution < 1.29 is 9.53 Å². The zero-order chi connectivity index (χ0) is 18.1. The number of nitrogens with zero attached hydrogens (tertiary/aromatic N) is 5. The fourth-order valence-electron chi connectivity index (χ4n) is 3.36. The van der Waals surface area contributed by atoms with Gasteiger partial charge in [0.25, 0.3) is 5.91 Å². The highest BCUT2D eigenvalue weighted by molar-refractivity contribution is 7.10. The van der Waals surface area contributed by atoms with Gasteiger partial charge in [0.05, 0.1) is 13.2 Å². The first-order valence-electron chi connectivity index (χ1n) is 8.83. The summed E-state index contributed by atoms with van der Waals surface area (Å²) in [5.74, 6) is 1.57. The molecule has 7 nitrogen and oxygen atoms in total. The number of carbonyl (C=O) groups excluding carboxylic acids is 1. The topological polar surface area (TPSA) is 61.8 Å². The van der Waals surface area contributed by atoms with E-state index >= 15 is 0 Å². The second-order valence-corrected chi connectivity index (χ2v) is 7.79. The highest BCUT2D eigenvalue weighted by atomic mass is 32.1. The molecule has 0 radical (unpaired) electrons. The maximum atomic E-state index is 13.0. The Morgan fingerprint density at radius 3 is 3.08 bits per heavy atom. The minimum Gasteiger partial charge on any atom is -0.365 e. The van der Waals surface area contributed by atoms with Crippen molar-refractivity contribution in [2.24, 2.45) is 0 Å². The second-order valence-electron chi connectivity index (χ2n) is 6.79. The average molecular weight is 373 g/mol. The van der Waals surface area contributed by atoms with Gasteiger partial charge in [-0.2, -0.15) is 4.98 Å². The van der Waals surface area contributed by atoms with Gasteiger partial charge in [0, 0.05) is 44.8 Å². The minimum atomic E-state index is -0.462. The number of rotatable bonds is 3. The molecule has 0 aromatic carbocycles. The number of aromatic nitrogens is 2. The second kappa shape index (κ2) is 7.20. The van der Waals surface area contributed by atoms with E-state index in [0.29, 0.717) is 32.2 Å². The average Bonchev–Trinajstić information content (AvgIpc) is 3.15. The third kappa shape index (κ3) is 3.39. The van der Waals surface area contributed by atoms with Gasteiger partial charge in [0.1, 0.15) is 5.82 Å². The standard InChI is InChI=1S/C18H23N5O2S/c1-21(2)16-3-6-19-18(20-16)23-8-9-25-14(12-23)17(24)22-7-4-15-13(11-22)5-10-26-15/h3,5-6,10,14H,4,7-9,11-12H2,1-2H3. The SMILES string of the molecule is CN(C)c1ccnc(N2CCOC(C(=O)N3CCc4sccc4C3)C2)n1. The zero-order valence-electron chi connectivity index (χ0n) is 15.1. The van der Waals surface area contributed by atoms with Crippen LogP contribution in [0.15, 0.2) is 23.7 Å². The first-order chi connectivity index (χ1) is 12.6. The number of morpholine rings is 1. The van der Waals surface area contributed by atoms with E-state index in [2.05, 4.69) is 21.4 Å². The van der Waals surface area contributed by atoms with Crippen LogP contribution >= 0.6 is 11.3 Å². The summed E-state index contributed by atoms with van der Waals surface area (Å²) in [7, 11) is 3.90. The number of fused-ring (bicyclic) bond motifs is 1. The van der Waals surface area contributed by atoms with E-state index in [1.165, 1.54) is 10.4 Å².